The number of aliphatic hydroxyl groups excluding tert-OH is 1. The second-order valence-electron chi connectivity index (χ2n) is 7.87. The average molecular weight is 476 g/mol. The van der Waals surface area contributed by atoms with Crippen LogP contribution in [0.15, 0.2) is 54.9 Å². The summed E-state index contributed by atoms with van der Waals surface area (Å²) in [5, 5.41) is 16.9. The van der Waals surface area contributed by atoms with Crippen LogP contribution in [0.5, 0.6) is 5.75 Å². The van der Waals surface area contributed by atoms with Gasteiger partial charge in [0.15, 0.2) is 0 Å². The van der Waals surface area contributed by atoms with Crippen molar-refractivity contribution in [1.82, 2.24) is 25.9 Å². The van der Waals surface area contributed by atoms with E-state index in [4.69, 9.17) is 9.84 Å². The predicted octanol–water partition coefficient (Wildman–Crippen LogP) is 0.994. The average Bonchev–Trinajstić information content (AvgIpc) is 3.37. The highest BCUT2D eigenvalue weighted by Gasteiger charge is 2.15. The maximum atomic E-state index is 12.6. The number of nitrogens with zero attached hydrogens (tertiary/aromatic N) is 2. The molecule has 0 saturated heterocycles. The zero-order valence-corrected chi connectivity index (χ0v) is 18.9. The third-order valence-corrected chi connectivity index (χ3v) is 5.41. The number of fused-ring (bicyclic) bond motifs is 1. The molecule has 4 N–H and O–H groups in total. The third kappa shape index (κ3) is 6.18. The van der Waals surface area contributed by atoms with Crippen molar-refractivity contribution >= 4 is 17.7 Å². The van der Waals surface area contributed by atoms with Gasteiger partial charge in [-0.15, -0.1) is 0 Å². The van der Waals surface area contributed by atoms with Crippen molar-refractivity contribution in [2.45, 2.75) is 19.5 Å². The van der Waals surface area contributed by atoms with E-state index < -0.39 is 11.8 Å². The fourth-order valence-corrected chi connectivity index (χ4v) is 3.55. The van der Waals surface area contributed by atoms with E-state index >= 15 is 0 Å². The number of benzene rings is 2. The van der Waals surface area contributed by atoms with Crippen LogP contribution in [0.3, 0.4) is 0 Å². The van der Waals surface area contributed by atoms with Crippen molar-refractivity contribution in [1.29, 1.82) is 0 Å². The molecule has 0 fully saturated rings. The Morgan fingerprint density at radius 3 is 2.17 bits per heavy atom. The molecule has 1 aromatic heterocycles. The molecule has 10 nitrogen and oxygen atoms in total. The third-order valence-electron chi connectivity index (χ3n) is 5.41. The van der Waals surface area contributed by atoms with Gasteiger partial charge in [0.05, 0.1) is 13.2 Å². The van der Waals surface area contributed by atoms with E-state index in [1.807, 2.05) is 18.2 Å². The molecule has 10 heteroatoms. The van der Waals surface area contributed by atoms with Gasteiger partial charge in [-0.05, 0) is 34.9 Å². The molecule has 0 spiro atoms. The van der Waals surface area contributed by atoms with Crippen molar-refractivity contribution in [3.63, 3.8) is 0 Å². The van der Waals surface area contributed by atoms with Crippen LogP contribution in [-0.4, -0.2) is 52.6 Å². The largest absolute Gasteiger partial charge is 0.493 e. The van der Waals surface area contributed by atoms with Gasteiger partial charge in [-0.1, -0.05) is 24.3 Å². The number of aromatic nitrogens is 2. The van der Waals surface area contributed by atoms with Crippen molar-refractivity contribution in [2.75, 3.05) is 19.8 Å². The number of nitrogens with one attached hydrogen (secondary N) is 3. The second-order valence-corrected chi connectivity index (χ2v) is 7.87. The number of amides is 3. The van der Waals surface area contributed by atoms with Gasteiger partial charge < -0.3 is 25.8 Å². The fraction of sp³-hybridized carbons (Fsp3) is 0.240. The summed E-state index contributed by atoms with van der Waals surface area (Å²) in [6, 6.07) is 13.9. The van der Waals surface area contributed by atoms with Crippen LogP contribution in [0.2, 0.25) is 0 Å². The van der Waals surface area contributed by atoms with Gasteiger partial charge in [-0.2, -0.15) is 0 Å². The predicted molar refractivity (Wildman–Crippen MR) is 126 cm³/mol. The smallest absolute Gasteiger partial charge is 0.270 e. The lowest BCUT2D eigenvalue weighted by Crippen LogP contribution is -2.27. The molecule has 0 radical (unpaired) electrons. The number of ether oxygens (including phenoxy) is 1. The normalized spacial score (nSPS) is 11.8. The van der Waals surface area contributed by atoms with Crippen molar-refractivity contribution < 1.29 is 24.2 Å². The van der Waals surface area contributed by atoms with E-state index in [2.05, 4.69) is 25.9 Å². The lowest BCUT2D eigenvalue weighted by atomic mass is 10.1. The van der Waals surface area contributed by atoms with E-state index in [9.17, 15) is 14.4 Å². The summed E-state index contributed by atoms with van der Waals surface area (Å²) in [4.78, 5) is 44.9. The van der Waals surface area contributed by atoms with Crippen LogP contribution >= 0.6 is 0 Å². The van der Waals surface area contributed by atoms with E-state index in [-0.39, 0.29) is 37.0 Å². The Hall–Kier alpha value is -4.31. The molecule has 0 bridgehead atoms. The van der Waals surface area contributed by atoms with Crippen molar-refractivity contribution in [2.24, 2.45) is 0 Å². The summed E-state index contributed by atoms with van der Waals surface area (Å²) in [6.07, 6.45) is 2.03. The number of hydrogen-bond donors (Lipinski definition) is 4. The van der Waals surface area contributed by atoms with Gasteiger partial charge >= 0.3 is 0 Å². The van der Waals surface area contributed by atoms with Crippen LogP contribution in [0.4, 0.5) is 0 Å². The van der Waals surface area contributed by atoms with E-state index in [1.54, 1.807) is 24.3 Å². The molecule has 0 unspecified atom stereocenters. The fourth-order valence-electron chi connectivity index (χ4n) is 3.55. The van der Waals surface area contributed by atoms with Gasteiger partial charge in [0, 0.05) is 37.7 Å². The first kappa shape index (κ1) is 23.8. The van der Waals surface area contributed by atoms with Gasteiger partial charge in [0.2, 0.25) is 0 Å². The molecule has 35 heavy (non-hydrogen) atoms. The number of carbonyl (C=O) groups excluding carboxylic acids is 3. The summed E-state index contributed by atoms with van der Waals surface area (Å²) < 4.78 is 5.49. The zero-order valence-electron chi connectivity index (χ0n) is 18.9. The number of rotatable bonds is 9. The minimum Gasteiger partial charge on any atom is -0.493 e. The Labute approximate surface area is 201 Å². The van der Waals surface area contributed by atoms with Crippen molar-refractivity contribution in [3.8, 4) is 5.75 Å². The highest BCUT2D eigenvalue weighted by Crippen LogP contribution is 2.25. The van der Waals surface area contributed by atoms with Crippen LogP contribution in [0, 0.1) is 0 Å². The molecule has 0 saturated carbocycles. The SMILES string of the molecule is O=C(NCCO)c1ccc(CNC(=O)c2cc(C(=O)NCc3ccc4c(c3)CCO4)ncn2)cc1. The van der Waals surface area contributed by atoms with Gasteiger partial charge in [-0.3, -0.25) is 14.4 Å². The minimum atomic E-state index is -0.454. The first-order valence-electron chi connectivity index (χ1n) is 11.1. The van der Waals surface area contributed by atoms with Gasteiger partial charge in [0.1, 0.15) is 23.5 Å². The van der Waals surface area contributed by atoms with Crippen LogP contribution in [-0.2, 0) is 19.5 Å². The van der Waals surface area contributed by atoms with Gasteiger partial charge in [0.25, 0.3) is 17.7 Å². The monoisotopic (exact) mass is 475 g/mol. The molecule has 3 aromatic rings. The first-order valence-corrected chi connectivity index (χ1v) is 11.1. The molecule has 0 aliphatic carbocycles. The van der Waals surface area contributed by atoms with E-state index in [0.717, 1.165) is 28.9 Å². The lowest BCUT2D eigenvalue weighted by molar-refractivity contribution is 0.0933. The first-order chi connectivity index (χ1) is 17.0. The highest BCUT2D eigenvalue weighted by atomic mass is 16.5. The Bertz CT molecular complexity index is 1230. The second kappa shape index (κ2) is 11.2. The summed E-state index contributed by atoms with van der Waals surface area (Å²) in [5.41, 5.74) is 3.47. The quantitative estimate of drug-likeness (QED) is 0.362. The lowest BCUT2D eigenvalue weighted by Gasteiger charge is -2.08. The molecule has 180 valence electrons. The highest BCUT2D eigenvalue weighted by molar-refractivity contribution is 5.97. The maximum Gasteiger partial charge on any atom is 0.270 e. The van der Waals surface area contributed by atoms with Crippen LogP contribution < -0.4 is 20.7 Å². The maximum absolute atomic E-state index is 12.6. The van der Waals surface area contributed by atoms with Crippen LogP contribution in [0.25, 0.3) is 0 Å². The minimum absolute atomic E-state index is 0.0693. The van der Waals surface area contributed by atoms with E-state index in [0.29, 0.717) is 18.7 Å². The molecule has 0 atom stereocenters. The number of carbonyl (C=O) groups is 3. The topological polar surface area (TPSA) is 143 Å². The molecule has 2 aromatic carbocycles. The number of hydrogen-bond acceptors (Lipinski definition) is 7. The standard InChI is InChI=1S/C25H25N5O5/c31-9-8-26-23(32)18-4-1-16(2-5-18)13-27-24(33)20-12-21(30-15-29-20)25(34)28-14-17-3-6-22-19(11-17)7-10-35-22/h1-6,11-12,15,31H,7-10,13-14H2,(H,26,32)(H,27,33)(H,28,34). The molecule has 2 heterocycles. The number of aliphatic hydroxyl groups is 1. The Morgan fingerprint density at radius 1 is 0.829 bits per heavy atom. The Morgan fingerprint density at radius 2 is 1.49 bits per heavy atom. The van der Waals surface area contributed by atoms with Crippen molar-refractivity contribution in [3.05, 3.63) is 88.5 Å². The summed E-state index contributed by atoms with van der Waals surface area (Å²) >= 11 is 0. The summed E-state index contributed by atoms with van der Waals surface area (Å²) in [5.74, 6) is -0.268. The van der Waals surface area contributed by atoms with Crippen LogP contribution in [0.1, 0.15) is 48.0 Å². The van der Waals surface area contributed by atoms with E-state index in [1.165, 1.54) is 12.4 Å². The molecule has 3 amide bonds. The molecule has 1 aliphatic rings. The van der Waals surface area contributed by atoms with Gasteiger partial charge in [-0.25, -0.2) is 9.97 Å². The molecule has 1 aliphatic heterocycles. The summed E-state index contributed by atoms with van der Waals surface area (Å²) in [7, 11) is 0. The zero-order chi connectivity index (χ0) is 24.6. The Balaban J connectivity index is 1.30. The molecule has 4 rings (SSSR count). The summed E-state index contributed by atoms with van der Waals surface area (Å²) in [6.45, 7) is 1.26. The molecular formula is C25H25N5O5. The molecular weight excluding hydrogens is 450 g/mol. The Kier molecular flexibility index (Phi) is 7.63.